The van der Waals surface area contributed by atoms with E-state index in [9.17, 15) is 9.59 Å². The topological polar surface area (TPSA) is 80.4 Å². The largest absolute Gasteiger partial charge is 0.480 e. The van der Waals surface area contributed by atoms with Gasteiger partial charge in [0.25, 0.3) is 0 Å². The molecule has 0 spiro atoms. The first-order valence-electron chi connectivity index (χ1n) is 4.78. The predicted molar refractivity (Wildman–Crippen MR) is 63.4 cm³/mol. The number of nitrogens with two attached hydrogens (primary N) is 1. The van der Waals surface area contributed by atoms with Gasteiger partial charge in [-0.1, -0.05) is 30.3 Å². The summed E-state index contributed by atoms with van der Waals surface area (Å²) in [5.41, 5.74) is 6.14. The molecule has 0 heterocycles. The number of hydrogen-bond donors (Lipinski definition) is 3. The lowest BCUT2D eigenvalue weighted by Crippen LogP contribution is -2.33. The summed E-state index contributed by atoms with van der Waals surface area (Å²) >= 11 is 3.76. The Morgan fingerprint density at radius 1 is 1.31 bits per heavy atom. The number of aliphatic carboxylic acids is 1. The lowest BCUT2D eigenvalue weighted by Gasteiger charge is -2.15. The molecule has 0 saturated heterocycles. The molecule has 0 bridgehead atoms. The molecule has 0 radical (unpaired) electrons. The maximum atomic E-state index is 11.3. The summed E-state index contributed by atoms with van der Waals surface area (Å²) < 4.78 is 0. The molecule has 1 aromatic carbocycles. The minimum Gasteiger partial charge on any atom is -0.480 e. The summed E-state index contributed by atoms with van der Waals surface area (Å²) in [7, 11) is 0. The molecular weight excluding hydrogens is 226 g/mol. The van der Waals surface area contributed by atoms with Crippen LogP contribution >= 0.6 is 12.6 Å². The van der Waals surface area contributed by atoms with Crippen LogP contribution in [0.4, 0.5) is 0 Å². The quantitative estimate of drug-likeness (QED) is 0.670. The van der Waals surface area contributed by atoms with Crippen molar-refractivity contribution in [3.05, 3.63) is 35.9 Å². The van der Waals surface area contributed by atoms with Crippen LogP contribution in [0.25, 0.3) is 0 Å². The van der Waals surface area contributed by atoms with Gasteiger partial charge in [-0.05, 0) is 12.0 Å². The minimum absolute atomic E-state index is 0.0572. The normalized spacial score (nSPS) is 14.1. The van der Waals surface area contributed by atoms with Crippen LogP contribution < -0.4 is 5.73 Å². The van der Waals surface area contributed by atoms with E-state index in [2.05, 4.69) is 12.6 Å². The van der Waals surface area contributed by atoms with Crippen molar-refractivity contribution in [1.82, 2.24) is 0 Å². The van der Waals surface area contributed by atoms with Crippen LogP contribution in [-0.2, 0) is 9.59 Å². The fourth-order valence-electron chi connectivity index (χ4n) is 1.42. The fourth-order valence-corrected chi connectivity index (χ4v) is 1.67. The van der Waals surface area contributed by atoms with E-state index in [1.165, 1.54) is 0 Å². The average molecular weight is 239 g/mol. The van der Waals surface area contributed by atoms with Gasteiger partial charge in [-0.15, -0.1) is 12.6 Å². The van der Waals surface area contributed by atoms with Crippen molar-refractivity contribution >= 4 is 23.7 Å². The summed E-state index contributed by atoms with van der Waals surface area (Å²) in [5, 5.41) is 8.33. The molecule has 1 rings (SSSR count). The van der Waals surface area contributed by atoms with Gasteiger partial charge < -0.3 is 10.8 Å². The summed E-state index contributed by atoms with van der Waals surface area (Å²) in [5.74, 6) is -1.69. The monoisotopic (exact) mass is 239 g/mol. The number of rotatable bonds is 5. The molecule has 1 aromatic rings. The van der Waals surface area contributed by atoms with Crippen LogP contribution in [0.3, 0.4) is 0 Å². The van der Waals surface area contributed by atoms with Gasteiger partial charge in [0.1, 0.15) is 6.04 Å². The van der Waals surface area contributed by atoms with Crippen LogP contribution in [-0.4, -0.2) is 22.2 Å². The third-order valence-corrected chi connectivity index (χ3v) is 2.62. The molecule has 5 heteroatoms. The van der Waals surface area contributed by atoms with Gasteiger partial charge in [0.2, 0.25) is 0 Å². The van der Waals surface area contributed by atoms with Crippen molar-refractivity contribution in [2.24, 2.45) is 5.73 Å². The number of benzene rings is 1. The molecule has 2 atom stereocenters. The zero-order valence-electron chi connectivity index (χ0n) is 8.54. The molecule has 3 N–H and O–H groups in total. The van der Waals surface area contributed by atoms with E-state index in [4.69, 9.17) is 10.8 Å². The van der Waals surface area contributed by atoms with E-state index < -0.39 is 17.9 Å². The highest BCUT2D eigenvalue weighted by atomic mass is 32.1. The molecule has 4 nitrogen and oxygen atoms in total. The van der Waals surface area contributed by atoms with E-state index in [-0.39, 0.29) is 11.5 Å². The fraction of sp³-hybridized carbons (Fsp3) is 0.273. The Balaban J connectivity index is 2.85. The van der Waals surface area contributed by atoms with Crippen LogP contribution in [0.1, 0.15) is 17.9 Å². The molecule has 0 saturated carbocycles. The van der Waals surface area contributed by atoms with Crippen LogP contribution in [0.15, 0.2) is 30.3 Å². The highest BCUT2D eigenvalue weighted by Gasteiger charge is 2.23. The molecule has 0 aliphatic carbocycles. The van der Waals surface area contributed by atoms with Gasteiger partial charge in [0, 0.05) is 0 Å². The molecule has 1 unspecified atom stereocenters. The van der Waals surface area contributed by atoms with Gasteiger partial charge in [0.15, 0.2) is 5.12 Å². The zero-order valence-corrected chi connectivity index (χ0v) is 9.43. The third kappa shape index (κ3) is 3.36. The third-order valence-electron chi connectivity index (χ3n) is 2.31. The highest BCUT2D eigenvalue weighted by Crippen LogP contribution is 2.23. The second kappa shape index (κ2) is 5.67. The van der Waals surface area contributed by atoms with Gasteiger partial charge in [-0.2, -0.15) is 0 Å². The number of carboxylic acids is 1. The van der Waals surface area contributed by atoms with Crippen LogP contribution in [0.2, 0.25) is 0 Å². The van der Waals surface area contributed by atoms with E-state index in [1.807, 2.05) is 6.07 Å². The van der Waals surface area contributed by atoms with Crippen LogP contribution in [0.5, 0.6) is 0 Å². The van der Waals surface area contributed by atoms with Gasteiger partial charge >= 0.3 is 5.97 Å². The van der Waals surface area contributed by atoms with Crippen molar-refractivity contribution in [3.8, 4) is 0 Å². The summed E-state index contributed by atoms with van der Waals surface area (Å²) in [4.78, 5) is 21.9. The summed E-state index contributed by atoms with van der Waals surface area (Å²) in [6.07, 6.45) is 0.0572. The molecule has 86 valence electrons. The van der Waals surface area contributed by atoms with Gasteiger partial charge in [-0.25, -0.2) is 0 Å². The Kier molecular flexibility index (Phi) is 4.52. The number of thiol groups is 1. The number of carboxylic acid groups (broad SMARTS) is 1. The van der Waals surface area contributed by atoms with Crippen LogP contribution in [0, 0.1) is 0 Å². The number of carbonyl (C=O) groups is 2. The van der Waals surface area contributed by atoms with E-state index in [1.54, 1.807) is 24.3 Å². The average Bonchev–Trinajstić information content (AvgIpc) is 2.26. The van der Waals surface area contributed by atoms with E-state index in [0.29, 0.717) is 0 Å². The molecule has 0 aliphatic heterocycles. The second-order valence-corrected chi connectivity index (χ2v) is 3.92. The smallest absolute Gasteiger partial charge is 0.320 e. The highest BCUT2D eigenvalue weighted by molar-refractivity contribution is 7.96. The first kappa shape index (κ1) is 12.7. The molecule has 0 aliphatic rings. The zero-order chi connectivity index (χ0) is 12.1. The van der Waals surface area contributed by atoms with Gasteiger partial charge in [-0.3, -0.25) is 9.59 Å². The Bertz CT molecular complexity index is 380. The van der Waals surface area contributed by atoms with E-state index in [0.717, 1.165) is 5.56 Å². The maximum absolute atomic E-state index is 11.3. The lowest BCUT2D eigenvalue weighted by atomic mass is 9.93. The maximum Gasteiger partial charge on any atom is 0.320 e. The molecule has 0 amide bonds. The first-order chi connectivity index (χ1) is 7.52. The number of hydrogen-bond acceptors (Lipinski definition) is 3. The van der Waals surface area contributed by atoms with E-state index >= 15 is 0 Å². The Morgan fingerprint density at radius 3 is 2.31 bits per heavy atom. The summed E-state index contributed by atoms with van der Waals surface area (Å²) in [6.45, 7) is 0. The van der Waals surface area contributed by atoms with Gasteiger partial charge in [0.05, 0.1) is 5.92 Å². The molecule has 16 heavy (non-hydrogen) atoms. The molecule has 0 aromatic heterocycles. The summed E-state index contributed by atoms with van der Waals surface area (Å²) in [6, 6.07) is 7.85. The van der Waals surface area contributed by atoms with Crippen molar-refractivity contribution in [1.29, 1.82) is 0 Å². The lowest BCUT2D eigenvalue weighted by molar-refractivity contribution is -0.138. The molecular formula is C11H13NO3S. The Morgan fingerprint density at radius 2 is 1.88 bits per heavy atom. The number of carbonyl (C=O) groups excluding carboxylic acids is 1. The van der Waals surface area contributed by atoms with Crippen molar-refractivity contribution in [2.75, 3.05) is 0 Å². The standard InChI is InChI=1S/C11H13NO3S/c12-9(10(13)14)6-8(11(15)16)7-4-2-1-3-5-7/h1-5,8-9H,6,12H2,(H,13,14)(H,15,16)/t8?,9-/m0/s1. The molecule has 0 fully saturated rings. The Hall–Kier alpha value is -1.33. The Labute approximate surface area is 98.9 Å². The predicted octanol–water partition coefficient (Wildman–Crippen LogP) is 1.03. The van der Waals surface area contributed by atoms with Crippen molar-refractivity contribution in [3.63, 3.8) is 0 Å². The van der Waals surface area contributed by atoms with Crippen molar-refractivity contribution < 1.29 is 14.7 Å². The first-order valence-corrected chi connectivity index (χ1v) is 5.23. The van der Waals surface area contributed by atoms with Crippen molar-refractivity contribution in [2.45, 2.75) is 18.4 Å². The second-order valence-electron chi connectivity index (χ2n) is 3.48. The minimum atomic E-state index is -1.12. The SMILES string of the molecule is N[C@@H](CC(C(=O)S)c1ccccc1)C(=O)O.